The van der Waals surface area contributed by atoms with E-state index in [4.69, 9.17) is 0 Å². The highest BCUT2D eigenvalue weighted by molar-refractivity contribution is 7.08. The maximum atomic E-state index is 10.3. The van der Waals surface area contributed by atoms with Crippen LogP contribution in [-0.4, -0.2) is 5.11 Å². The Labute approximate surface area is 89.8 Å². The smallest absolute Gasteiger partial charge is 0.0879 e. The highest BCUT2D eigenvalue weighted by Gasteiger charge is 2.29. The lowest BCUT2D eigenvalue weighted by Gasteiger charge is -2.25. The van der Waals surface area contributed by atoms with E-state index < -0.39 is 5.60 Å². The fourth-order valence-corrected chi connectivity index (χ4v) is 3.25. The van der Waals surface area contributed by atoms with Crippen LogP contribution in [0.4, 0.5) is 0 Å². The first kappa shape index (κ1) is 10.2. The van der Waals surface area contributed by atoms with Gasteiger partial charge in [-0.15, -0.1) is 0 Å². The SMILES string of the molecule is CC(O)(CC1CCCC1)c1ccsc1. The summed E-state index contributed by atoms with van der Waals surface area (Å²) in [7, 11) is 0. The Kier molecular flexibility index (Phi) is 2.93. The molecule has 1 saturated carbocycles. The molecule has 0 aromatic carbocycles. The average molecular weight is 210 g/mol. The van der Waals surface area contributed by atoms with E-state index in [2.05, 4.69) is 5.38 Å². The summed E-state index contributed by atoms with van der Waals surface area (Å²) in [5.74, 6) is 0.741. The molecule has 1 N–H and O–H groups in total. The molecule has 1 fully saturated rings. The Bertz CT molecular complexity index is 271. The minimum Gasteiger partial charge on any atom is -0.385 e. The second-order valence-corrected chi connectivity index (χ2v) is 5.42. The zero-order valence-corrected chi connectivity index (χ0v) is 9.52. The number of thiophene rings is 1. The van der Waals surface area contributed by atoms with Crippen molar-refractivity contribution in [1.82, 2.24) is 0 Å². The van der Waals surface area contributed by atoms with Crippen molar-refractivity contribution in [2.45, 2.75) is 44.6 Å². The summed E-state index contributed by atoms with van der Waals surface area (Å²) >= 11 is 1.66. The van der Waals surface area contributed by atoms with Crippen LogP contribution in [0.25, 0.3) is 0 Å². The first-order valence-corrected chi connectivity index (χ1v) is 6.38. The molecule has 1 aromatic rings. The van der Waals surface area contributed by atoms with Crippen LogP contribution in [0.5, 0.6) is 0 Å². The van der Waals surface area contributed by atoms with Gasteiger partial charge in [-0.2, -0.15) is 11.3 Å². The topological polar surface area (TPSA) is 20.2 Å². The van der Waals surface area contributed by atoms with Crippen molar-refractivity contribution in [2.75, 3.05) is 0 Å². The molecule has 0 aliphatic heterocycles. The lowest BCUT2D eigenvalue weighted by Crippen LogP contribution is -2.23. The third-order valence-electron chi connectivity index (χ3n) is 3.30. The van der Waals surface area contributed by atoms with Gasteiger partial charge in [-0.1, -0.05) is 25.7 Å². The zero-order chi connectivity index (χ0) is 10.0. The Hall–Kier alpha value is -0.340. The molecule has 14 heavy (non-hydrogen) atoms. The van der Waals surface area contributed by atoms with Gasteiger partial charge in [0.25, 0.3) is 0 Å². The molecule has 2 rings (SSSR count). The van der Waals surface area contributed by atoms with E-state index in [1.807, 2.05) is 18.4 Å². The molecule has 1 nitrogen and oxygen atoms in total. The van der Waals surface area contributed by atoms with Crippen molar-refractivity contribution in [3.05, 3.63) is 22.4 Å². The van der Waals surface area contributed by atoms with Crippen LogP contribution in [-0.2, 0) is 5.60 Å². The monoisotopic (exact) mass is 210 g/mol. The van der Waals surface area contributed by atoms with Crippen LogP contribution in [0, 0.1) is 5.92 Å². The van der Waals surface area contributed by atoms with E-state index in [1.165, 1.54) is 25.7 Å². The van der Waals surface area contributed by atoms with Crippen molar-refractivity contribution in [3.8, 4) is 0 Å². The largest absolute Gasteiger partial charge is 0.385 e. The molecule has 1 atom stereocenters. The van der Waals surface area contributed by atoms with Gasteiger partial charge >= 0.3 is 0 Å². The van der Waals surface area contributed by atoms with E-state index in [-0.39, 0.29) is 0 Å². The van der Waals surface area contributed by atoms with Crippen LogP contribution >= 0.6 is 11.3 Å². The molecule has 2 heteroatoms. The molecule has 1 aliphatic carbocycles. The minimum atomic E-state index is -0.602. The van der Waals surface area contributed by atoms with Gasteiger partial charge in [0, 0.05) is 0 Å². The highest BCUT2D eigenvalue weighted by atomic mass is 32.1. The summed E-state index contributed by atoms with van der Waals surface area (Å²) in [4.78, 5) is 0. The predicted molar refractivity (Wildman–Crippen MR) is 60.5 cm³/mol. The quantitative estimate of drug-likeness (QED) is 0.809. The van der Waals surface area contributed by atoms with E-state index in [9.17, 15) is 5.11 Å². The Morgan fingerprint density at radius 2 is 2.21 bits per heavy atom. The molecule has 1 unspecified atom stereocenters. The van der Waals surface area contributed by atoms with Crippen LogP contribution < -0.4 is 0 Å². The number of hydrogen-bond acceptors (Lipinski definition) is 2. The standard InChI is InChI=1S/C12H18OS/c1-12(13,11-6-7-14-9-11)8-10-4-2-3-5-10/h6-7,9-10,13H,2-5,8H2,1H3. The fourth-order valence-electron chi connectivity index (χ4n) is 2.47. The fraction of sp³-hybridized carbons (Fsp3) is 0.667. The second kappa shape index (κ2) is 4.03. The van der Waals surface area contributed by atoms with E-state index in [0.717, 1.165) is 17.9 Å². The first-order chi connectivity index (χ1) is 6.68. The number of hydrogen-bond donors (Lipinski definition) is 1. The summed E-state index contributed by atoms with van der Waals surface area (Å²) in [6.07, 6.45) is 6.25. The summed E-state index contributed by atoms with van der Waals surface area (Å²) in [5.41, 5.74) is 0.490. The lowest BCUT2D eigenvalue weighted by atomic mass is 9.87. The van der Waals surface area contributed by atoms with Gasteiger partial charge in [-0.25, -0.2) is 0 Å². The van der Waals surface area contributed by atoms with Crippen LogP contribution in [0.15, 0.2) is 16.8 Å². The Morgan fingerprint density at radius 1 is 1.50 bits per heavy atom. The molecule has 0 spiro atoms. The maximum absolute atomic E-state index is 10.3. The van der Waals surface area contributed by atoms with E-state index in [0.29, 0.717) is 0 Å². The summed E-state index contributed by atoms with van der Waals surface area (Å²) in [6.45, 7) is 1.95. The summed E-state index contributed by atoms with van der Waals surface area (Å²) in [5, 5.41) is 14.4. The van der Waals surface area contributed by atoms with E-state index in [1.54, 1.807) is 11.3 Å². The highest BCUT2D eigenvalue weighted by Crippen LogP contribution is 2.36. The van der Waals surface area contributed by atoms with Crippen molar-refractivity contribution in [3.63, 3.8) is 0 Å². The van der Waals surface area contributed by atoms with Gasteiger partial charge in [0.2, 0.25) is 0 Å². The molecule has 1 aliphatic rings. The van der Waals surface area contributed by atoms with Crippen LogP contribution in [0.1, 0.15) is 44.6 Å². The van der Waals surface area contributed by atoms with Gasteiger partial charge in [-0.3, -0.25) is 0 Å². The Balaban J connectivity index is 2.01. The molecule has 0 amide bonds. The van der Waals surface area contributed by atoms with Crippen molar-refractivity contribution in [1.29, 1.82) is 0 Å². The third kappa shape index (κ3) is 2.18. The van der Waals surface area contributed by atoms with Gasteiger partial charge in [0.05, 0.1) is 5.60 Å². The zero-order valence-electron chi connectivity index (χ0n) is 8.70. The Morgan fingerprint density at radius 3 is 2.79 bits per heavy atom. The minimum absolute atomic E-state index is 0.602. The number of aliphatic hydroxyl groups is 1. The molecule has 0 bridgehead atoms. The van der Waals surface area contributed by atoms with Gasteiger partial charge in [0.15, 0.2) is 0 Å². The summed E-state index contributed by atoms with van der Waals surface area (Å²) < 4.78 is 0. The number of rotatable bonds is 3. The molecular formula is C12H18OS. The maximum Gasteiger partial charge on any atom is 0.0879 e. The predicted octanol–water partition coefficient (Wildman–Crippen LogP) is 3.54. The van der Waals surface area contributed by atoms with Crippen molar-refractivity contribution < 1.29 is 5.11 Å². The van der Waals surface area contributed by atoms with Gasteiger partial charge in [0.1, 0.15) is 0 Å². The van der Waals surface area contributed by atoms with Crippen molar-refractivity contribution in [2.24, 2.45) is 5.92 Å². The third-order valence-corrected chi connectivity index (χ3v) is 3.99. The van der Waals surface area contributed by atoms with Gasteiger partial charge < -0.3 is 5.11 Å². The summed E-state index contributed by atoms with van der Waals surface area (Å²) in [6, 6.07) is 2.04. The molecule has 1 heterocycles. The molecule has 1 aromatic heterocycles. The first-order valence-electron chi connectivity index (χ1n) is 5.43. The normalized spacial score (nSPS) is 22.4. The van der Waals surface area contributed by atoms with Crippen LogP contribution in [0.2, 0.25) is 0 Å². The molecule has 0 saturated heterocycles. The van der Waals surface area contributed by atoms with Crippen molar-refractivity contribution >= 4 is 11.3 Å². The van der Waals surface area contributed by atoms with E-state index >= 15 is 0 Å². The molecule has 78 valence electrons. The molecular weight excluding hydrogens is 192 g/mol. The van der Waals surface area contributed by atoms with Gasteiger partial charge in [-0.05, 0) is 41.7 Å². The molecule has 0 radical (unpaired) electrons. The average Bonchev–Trinajstić information content (AvgIpc) is 2.71. The lowest BCUT2D eigenvalue weighted by molar-refractivity contribution is 0.0312. The second-order valence-electron chi connectivity index (χ2n) is 4.64. The van der Waals surface area contributed by atoms with Crippen LogP contribution in [0.3, 0.4) is 0 Å².